The normalized spacial score (nSPS) is 23.3. The predicted octanol–water partition coefficient (Wildman–Crippen LogP) is 2.05. The Labute approximate surface area is 114 Å². The van der Waals surface area contributed by atoms with E-state index in [4.69, 9.17) is 4.74 Å². The molecule has 1 aliphatic heterocycles. The average Bonchev–Trinajstić information content (AvgIpc) is 2.36. The number of esters is 1. The number of aryl methyl sites for hydroxylation is 1. The van der Waals surface area contributed by atoms with Gasteiger partial charge in [0.2, 0.25) is 5.95 Å². The summed E-state index contributed by atoms with van der Waals surface area (Å²) in [4.78, 5) is 22.5. The van der Waals surface area contributed by atoms with E-state index in [1.807, 2.05) is 6.92 Å². The first kappa shape index (κ1) is 13.8. The van der Waals surface area contributed by atoms with Gasteiger partial charge < -0.3 is 9.64 Å². The molecule has 0 N–H and O–H groups in total. The monoisotopic (exact) mass is 263 g/mol. The van der Waals surface area contributed by atoms with Gasteiger partial charge in [-0.3, -0.25) is 0 Å². The number of rotatable bonds is 2. The molecule has 1 fully saturated rings. The van der Waals surface area contributed by atoms with E-state index in [0.717, 1.165) is 13.1 Å². The number of hydrogen-bond donors (Lipinski definition) is 0. The van der Waals surface area contributed by atoms with Crippen molar-refractivity contribution in [1.29, 1.82) is 0 Å². The first-order valence-electron chi connectivity index (χ1n) is 6.68. The molecule has 1 aliphatic rings. The summed E-state index contributed by atoms with van der Waals surface area (Å²) in [6.07, 6.45) is 2.81. The van der Waals surface area contributed by atoms with Gasteiger partial charge in [0, 0.05) is 19.3 Å². The molecule has 2 rings (SSSR count). The Hall–Kier alpha value is -1.65. The summed E-state index contributed by atoms with van der Waals surface area (Å²) in [5, 5.41) is 0. The highest BCUT2D eigenvalue weighted by Gasteiger charge is 2.24. The maximum Gasteiger partial charge on any atom is 0.341 e. The molecular formula is C14H21N3O2. The van der Waals surface area contributed by atoms with Crippen molar-refractivity contribution >= 4 is 11.9 Å². The van der Waals surface area contributed by atoms with E-state index in [1.165, 1.54) is 13.5 Å². The number of anilines is 1. The Morgan fingerprint density at radius 2 is 2.00 bits per heavy atom. The summed E-state index contributed by atoms with van der Waals surface area (Å²) in [6, 6.07) is 0. The molecule has 5 heteroatoms. The van der Waals surface area contributed by atoms with Crippen molar-refractivity contribution in [2.24, 2.45) is 11.8 Å². The number of carbonyl (C=O) groups is 1. The van der Waals surface area contributed by atoms with E-state index in [0.29, 0.717) is 29.0 Å². The zero-order chi connectivity index (χ0) is 14.0. The molecule has 0 saturated carbocycles. The van der Waals surface area contributed by atoms with Crippen molar-refractivity contribution in [3.05, 3.63) is 17.5 Å². The minimum absolute atomic E-state index is 0.385. The fourth-order valence-corrected chi connectivity index (χ4v) is 2.74. The largest absolute Gasteiger partial charge is 0.465 e. The second-order valence-electron chi connectivity index (χ2n) is 5.51. The molecule has 104 valence electrons. The van der Waals surface area contributed by atoms with Crippen molar-refractivity contribution in [2.75, 3.05) is 25.1 Å². The van der Waals surface area contributed by atoms with Crippen LogP contribution in [0.25, 0.3) is 0 Å². The SMILES string of the molecule is COC(=O)c1cnc(N2CC(C)CC(C)C2)nc1C. The molecule has 1 aromatic heterocycles. The van der Waals surface area contributed by atoms with Gasteiger partial charge in [-0.05, 0) is 25.2 Å². The van der Waals surface area contributed by atoms with Crippen molar-refractivity contribution < 1.29 is 9.53 Å². The third kappa shape index (κ3) is 3.03. The molecule has 19 heavy (non-hydrogen) atoms. The highest BCUT2D eigenvalue weighted by molar-refractivity contribution is 5.90. The van der Waals surface area contributed by atoms with Crippen molar-refractivity contribution in [3.8, 4) is 0 Å². The van der Waals surface area contributed by atoms with Crippen LogP contribution in [0.2, 0.25) is 0 Å². The molecule has 0 spiro atoms. The molecule has 2 atom stereocenters. The maximum absolute atomic E-state index is 11.5. The first-order chi connectivity index (χ1) is 9.01. The molecule has 1 aromatic rings. The molecule has 0 amide bonds. The van der Waals surface area contributed by atoms with Crippen LogP contribution >= 0.6 is 0 Å². The van der Waals surface area contributed by atoms with E-state index >= 15 is 0 Å². The summed E-state index contributed by atoms with van der Waals surface area (Å²) in [6.45, 7) is 8.26. The van der Waals surface area contributed by atoms with Crippen LogP contribution in [0.5, 0.6) is 0 Å². The first-order valence-corrected chi connectivity index (χ1v) is 6.68. The molecular weight excluding hydrogens is 242 g/mol. The third-order valence-electron chi connectivity index (χ3n) is 3.52. The molecule has 2 heterocycles. The standard InChI is InChI=1S/C14H21N3O2/c1-9-5-10(2)8-17(7-9)14-15-6-12(11(3)16-14)13(18)19-4/h6,9-10H,5,7-8H2,1-4H3. The zero-order valence-corrected chi connectivity index (χ0v) is 12.0. The Morgan fingerprint density at radius 1 is 1.37 bits per heavy atom. The summed E-state index contributed by atoms with van der Waals surface area (Å²) >= 11 is 0. The second-order valence-corrected chi connectivity index (χ2v) is 5.51. The van der Waals surface area contributed by atoms with Gasteiger partial charge in [-0.1, -0.05) is 13.8 Å². The maximum atomic E-state index is 11.5. The fraction of sp³-hybridized carbons (Fsp3) is 0.643. The molecule has 0 bridgehead atoms. The fourth-order valence-electron chi connectivity index (χ4n) is 2.74. The summed E-state index contributed by atoms with van der Waals surface area (Å²) < 4.78 is 4.70. The molecule has 5 nitrogen and oxygen atoms in total. The average molecular weight is 263 g/mol. The smallest absolute Gasteiger partial charge is 0.341 e. The molecule has 0 radical (unpaired) electrons. The van der Waals surface area contributed by atoms with Gasteiger partial charge in [-0.2, -0.15) is 0 Å². The van der Waals surface area contributed by atoms with Gasteiger partial charge in [0.1, 0.15) is 0 Å². The molecule has 0 aromatic carbocycles. The van der Waals surface area contributed by atoms with E-state index < -0.39 is 0 Å². The molecule has 0 aliphatic carbocycles. The topological polar surface area (TPSA) is 55.3 Å². The van der Waals surface area contributed by atoms with Crippen LogP contribution in [0.15, 0.2) is 6.20 Å². The lowest BCUT2D eigenvalue weighted by atomic mass is 9.92. The minimum atomic E-state index is -0.385. The number of hydrogen-bond acceptors (Lipinski definition) is 5. The number of nitrogens with zero attached hydrogens (tertiary/aromatic N) is 3. The Morgan fingerprint density at radius 3 is 2.53 bits per heavy atom. The number of aromatic nitrogens is 2. The third-order valence-corrected chi connectivity index (χ3v) is 3.52. The van der Waals surface area contributed by atoms with Gasteiger partial charge in [0.05, 0.1) is 18.4 Å². The van der Waals surface area contributed by atoms with Crippen molar-refractivity contribution in [2.45, 2.75) is 27.2 Å². The highest BCUT2D eigenvalue weighted by Crippen LogP contribution is 2.24. The van der Waals surface area contributed by atoms with Gasteiger partial charge in [-0.25, -0.2) is 14.8 Å². The quantitative estimate of drug-likeness (QED) is 0.764. The van der Waals surface area contributed by atoms with Crippen molar-refractivity contribution in [3.63, 3.8) is 0 Å². The number of methoxy groups -OCH3 is 1. The summed E-state index contributed by atoms with van der Waals surface area (Å²) in [5.41, 5.74) is 1.10. The van der Waals surface area contributed by atoms with E-state index in [1.54, 1.807) is 6.20 Å². The molecule has 2 unspecified atom stereocenters. The van der Waals surface area contributed by atoms with Gasteiger partial charge >= 0.3 is 5.97 Å². The predicted molar refractivity (Wildman–Crippen MR) is 73.3 cm³/mol. The number of ether oxygens (including phenoxy) is 1. The lowest BCUT2D eigenvalue weighted by molar-refractivity contribution is 0.0599. The minimum Gasteiger partial charge on any atom is -0.465 e. The number of piperidine rings is 1. The summed E-state index contributed by atoms with van der Waals surface area (Å²) in [5.74, 6) is 1.62. The van der Waals surface area contributed by atoms with Gasteiger partial charge in [0.25, 0.3) is 0 Å². The van der Waals surface area contributed by atoms with Crippen LogP contribution in [0.3, 0.4) is 0 Å². The van der Waals surface area contributed by atoms with E-state index in [9.17, 15) is 4.79 Å². The lowest BCUT2D eigenvalue weighted by Gasteiger charge is -2.35. The van der Waals surface area contributed by atoms with Crippen LogP contribution < -0.4 is 4.90 Å². The lowest BCUT2D eigenvalue weighted by Crippen LogP contribution is -2.39. The molecule has 1 saturated heterocycles. The second kappa shape index (κ2) is 5.55. The Kier molecular flexibility index (Phi) is 4.02. The summed E-state index contributed by atoms with van der Waals surface area (Å²) in [7, 11) is 1.36. The van der Waals surface area contributed by atoms with E-state index in [2.05, 4.69) is 28.7 Å². The van der Waals surface area contributed by atoms with Gasteiger partial charge in [-0.15, -0.1) is 0 Å². The Bertz CT molecular complexity index is 466. The van der Waals surface area contributed by atoms with Crippen LogP contribution in [0.1, 0.15) is 36.3 Å². The van der Waals surface area contributed by atoms with Crippen LogP contribution in [0.4, 0.5) is 5.95 Å². The van der Waals surface area contributed by atoms with Crippen molar-refractivity contribution in [1.82, 2.24) is 9.97 Å². The van der Waals surface area contributed by atoms with E-state index in [-0.39, 0.29) is 5.97 Å². The van der Waals surface area contributed by atoms with Gasteiger partial charge in [0.15, 0.2) is 0 Å². The van der Waals surface area contributed by atoms with Crippen LogP contribution in [-0.2, 0) is 4.74 Å². The highest BCUT2D eigenvalue weighted by atomic mass is 16.5. The Balaban J connectivity index is 2.22. The van der Waals surface area contributed by atoms with Crippen LogP contribution in [-0.4, -0.2) is 36.1 Å². The number of carbonyl (C=O) groups excluding carboxylic acids is 1. The zero-order valence-electron chi connectivity index (χ0n) is 12.0. The van der Waals surface area contributed by atoms with Crippen LogP contribution in [0, 0.1) is 18.8 Å².